The van der Waals surface area contributed by atoms with Gasteiger partial charge in [-0.15, -0.1) is 0 Å². The van der Waals surface area contributed by atoms with E-state index in [0.717, 1.165) is 16.7 Å². The molecule has 0 radical (unpaired) electrons. The summed E-state index contributed by atoms with van der Waals surface area (Å²) in [6, 6.07) is 24.8. The molecule has 0 saturated carbocycles. The highest BCUT2D eigenvalue weighted by atomic mass is 31.2. The second-order valence-corrected chi connectivity index (χ2v) is 15.0. The Morgan fingerprint density at radius 3 is 1.88 bits per heavy atom. The average Bonchev–Trinajstić information content (AvgIpc) is 3.52. The highest BCUT2D eigenvalue weighted by molar-refractivity contribution is 7.51. The molecule has 0 amide bonds. The lowest BCUT2D eigenvalue weighted by atomic mass is 9.80. The number of hydrogen-bond acceptors (Lipinski definition) is 9. The first kappa shape index (κ1) is 38.2. The number of H-pyrrole nitrogens is 1. The Balaban J connectivity index is 1.62. The summed E-state index contributed by atoms with van der Waals surface area (Å²) in [4.78, 5) is 27.6. The van der Waals surface area contributed by atoms with Gasteiger partial charge in [-0.2, -0.15) is 0 Å². The van der Waals surface area contributed by atoms with Crippen molar-refractivity contribution >= 4 is 7.75 Å². The number of nitrogens with one attached hydrogen (secondary N) is 1. The molecule has 1 fully saturated rings. The molecule has 0 aliphatic carbocycles. The summed E-state index contributed by atoms with van der Waals surface area (Å²) in [6.07, 6.45) is -0.963. The second-order valence-electron chi connectivity index (χ2n) is 13.0. The predicted molar refractivity (Wildman–Crippen MR) is 194 cm³/mol. The zero-order valence-corrected chi connectivity index (χ0v) is 31.3. The molecule has 1 aliphatic rings. The van der Waals surface area contributed by atoms with Crippen LogP contribution in [0, 0.1) is 6.92 Å². The van der Waals surface area contributed by atoms with E-state index in [2.05, 4.69) is 4.98 Å². The molecule has 12 nitrogen and oxygen atoms in total. The maximum atomic E-state index is 14.5. The number of rotatable bonds is 15. The van der Waals surface area contributed by atoms with Gasteiger partial charge in [0.25, 0.3) is 5.56 Å². The molecule has 3 aromatic carbocycles. The van der Waals surface area contributed by atoms with Crippen LogP contribution in [-0.2, 0) is 28.7 Å². The fourth-order valence-electron chi connectivity index (χ4n) is 6.74. The molecule has 0 spiro atoms. The Hall–Kier alpha value is -4.03. The molecule has 13 heteroatoms. The number of hydrogen-bond donors (Lipinski definition) is 1. The number of methoxy groups -OCH3 is 2. The van der Waals surface area contributed by atoms with E-state index in [1.54, 1.807) is 25.8 Å². The lowest BCUT2D eigenvalue weighted by molar-refractivity contribution is -0.0936. The van der Waals surface area contributed by atoms with Crippen molar-refractivity contribution in [3.05, 3.63) is 128 Å². The van der Waals surface area contributed by atoms with E-state index in [1.807, 2.05) is 107 Å². The standard InChI is InChI=1S/C38H48N3O9P/c1-25(2)41(26(3)4)51(44,47-8)50-33-22-35(40-23-27(5)36(42)39-37(40)43)49-34(33)24-48-38(28-12-10-9-11-13-28,29-14-18-31(45-6)19-15-29)30-16-20-32(46-7)21-17-30/h9-21,23,25-26,33-35H,22,24H2,1-8H3,(H,39,42,43)/t33-,34+,35+,51?/m0/s1. The van der Waals surface area contributed by atoms with Gasteiger partial charge in [0.15, 0.2) is 0 Å². The molecule has 1 N–H and O–H groups in total. The summed E-state index contributed by atoms with van der Waals surface area (Å²) < 4.78 is 54.3. The van der Waals surface area contributed by atoms with Crippen molar-refractivity contribution in [3.8, 4) is 11.5 Å². The molecular weight excluding hydrogens is 673 g/mol. The summed E-state index contributed by atoms with van der Waals surface area (Å²) in [7, 11) is 0.698. The summed E-state index contributed by atoms with van der Waals surface area (Å²) in [6.45, 7) is 9.24. The molecule has 4 aromatic rings. The van der Waals surface area contributed by atoms with Crippen molar-refractivity contribution in [2.24, 2.45) is 0 Å². The van der Waals surface area contributed by atoms with E-state index in [4.69, 9.17) is 28.0 Å². The van der Waals surface area contributed by atoms with Gasteiger partial charge >= 0.3 is 13.4 Å². The van der Waals surface area contributed by atoms with E-state index >= 15 is 0 Å². The molecule has 51 heavy (non-hydrogen) atoms. The number of benzene rings is 3. The summed E-state index contributed by atoms with van der Waals surface area (Å²) >= 11 is 0. The average molecular weight is 722 g/mol. The van der Waals surface area contributed by atoms with Crippen molar-refractivity contribution in [2.45, 2.75) is 77.2 Å². The van der Waals surface area contributed by atoms with Crippen LogP contribution < -0.4 is 20.7 Å². The van der Waals surface area contributed by atoms with Gasteiger partial charge < -0.3 is 18.9 Å². The molecule has 1 aromatic heterocycles. The van der Waals surface area contributed by atoms with Gasteiger partial charge in [-0.3, -0.25) is 23.4 Å². The monoisotopic (exact) mass is 721 g/mol. The number of nitrogens with zero attached hydrogens (tertiary/aromatic N) is 2. The van der Waals surface area contributed by atoms with E-state index in [1.165, 1.54) is 17.9 Å². The van der Waals surface area contributed by atoms with Gasteiger partial charge in [0.2, 0.25) is 0 Å². The van der Waals surface area contributed by atoms with Crippen LogP contribution in [0.2, 0.25) is 0 Å². The Bertz CT molecular complexity index is 1850. The molecule has 4 atom stereocenters. The lowest BCUT2D eigenvalue weighted by Crippen LogP contribution is -2.40. The number of aromatic nitrogens is 2. The Kier molecular flexibility index (Phi) is 12.1. The second kappa shape index (κ2) is 16.1. The Labute approximate surface area is 298 Å². The quantitative estimate of drug-likeness (QED) is 0.109. The first-order valence-corrected chi connectivity index (χ1v) is 18.5. The van der Waals surface area contributed by atoms with Crippen LogP contribution in [0.5, 0.6) is 11.5 Å². The van der Waals surface area contributed by atoms with Crippen molar-refractivity contribution in [1.82, 2.24) is 14.2 Å². The SMILES string of the molecule is COc1ccc(C(OC[C@H]2O[C@@H](n3cc(C)c(=O)[nH]c3=O)C[C@@H]2OP(=O)(OC)N(C(C)C)C(C)C)(c2ccccc2)c2ccc(OC)cc2)cc1. The predicted octanol–water partition coefficient (Wildman–Crippen LogP) is 6.42. The minimum atomic E-state index is -3.89. The molecule has 0 bridgehead atoms. The fraction of sp³-hybridized carbons (Fsp3) is 0.421. The largest absolute Gasteiger partial charge is 0.497 e. The van der Waals surface area contributed by atoms with Gasteiger partial charge in [-0.05, 0) is 75.6 Å². The van der Waals surface area contributed by atoms with Crippen LogP contribution in [0.4, 0.5) is 0 Å². The first-order chi connectivity index (χ1) is 24.4. The normalized spacial score (nSPS) is 19.1. The molecule has 1 unspecified atom stereocenters. The van der Waals surface area contributed by atoms with E-state index in [9.17, 15) is 14.2 Å². The number of aryl methyl sites for hydroxylation is 1. The highest BCUT2D eigenvalue weighted by Crippen LogP contribution is 2.56. The van der Waals surface area contributed by atoms with Crippen molar-refractivity contribution in [3.63, 3.8) is 0 Å². The van der Waals surface area contributed by atoms with Gasteiger partial charge in [0, 0.05) is 37.4 Å². The maximum Gasteiger partial charge on any atom is 0.408 e. The summed E-state index contributed by atoms with van der Waals surface area (Å²) in [5, 5.41) is 0. The van der Waals surface area contributed by atoms with Gasteiger partial charge in [0.05, 0.1) is 20.8 Å². The number of ether oxygens (including phenoxy) is 4. The van der Waals surface area contributed by atoms with Crippen LogP contribution >= 0.6 is 7.75 Å². The van der Waals surface area contributed by atoms with Crippen molar-refractivity contribution in [1.29, 1.82) is 0 Å². The number of aromatic amines is 1. The van der Waals surface area contributed by atoms with Crippen LogP contribution in [0.3, 0.4) is 0 Å². The Morgan fingerprint density at radius 2 is 1.39 bits per heavy atom. The van der Waals surface area contributed by atoms with Crippen molar-refractivity contribution in [2.75, 3.05) is 27.9 Å². The Morgan fingerprint density at radius 1 is 0.863 bits per heavy atom. The molecule has 1 saturated heterocycles. The van der Waals surface area contributed by atoms with Crippen LogP contribution in [0.1, 0.15) is 62.6 Å². The van der Waals surface area contributed by atoms with E-state index in [0.29, 0.717) is 17.1 Å². The van der Waals surface area contributed by atoms with E-state index in [-0.39, 0.29) is 25.1 Å². The fourth-order valence-corrected chi connectivity index (χ4v) is 8.82. The van der Waals surface area contributed by atoms with E-state index < -0.39 is 43.0 Å². The zero-order chi connectivity index (χ0) is 36.9. The van der Waals surface area contributed by atoms with Gasteiger partial charge in [-0.25, -0.2) is 14.0 Å². The lowest BCUT2D eigenvalue weighted by Gasteiger charge is -2.38. The van der Waals surface area contributed by atoms with Gasteiger partial charge in [0.1, 0.15) is 35.5 Å². The molecule has 1 aliphatic heterocycles. The summed E-state index contributed by atoms with van der Waals surface area (Å²) in [5.74, 6) is 1.37. The highest BCUT2D eigenvalue weighted by Gasteiger charge is 2.47. The van der Waals surface area contributed by atoms with Crippen LogP contribution in [0.25, 0.3) is 0 Å². The molecule has 5 rings (SSSR count). The molecular formula is C38H48N3O9P. The third-order valence-corrected chi connectivity index (χ3v) is 11.6. The van der Waals surface area contributed by atoms with Crippen LogP contribution in [0.15, 0.2) is 94.6 Å². The minimum Gasteiger partial charge on any atom is -0.497 e. The maximum absolute atomic E-state index is 14.5. The molecule has 2 heterocycles. The van der Waals surface area contributed by atoms with Crippen LogP contribution in [-0.4, -0.2) is 66.4 Å². The molecule has 274 valence electrons. The van der Waals surface area contributed by atoms with Gasteiger partial charge in [-0.1, -0.05) is 54.6 Å². The third kappa shape index (κ3) is 7.91. The summed E-state index contributed by atoms with van der Waals surface area (Å²) in [5.41, 5.74) is 0.511. The van der Waals surface area contributed by atoms with Crippen molar-refractivity contribution < 1.29 is 32.6 Å². The minimum absolute atomic E-state index is 0.0573. The zero-order valence-electron chi connectivity index (χ0n) is 30.4. The smallest absolute Gasteiger partial charge is 0.408 e. The first-order valence-electron chi connectivity index (χ1n) is 17.0. The topological polar surface area (TPSA) is 131 Å². The third-order valence-electron chi connectivity index (χ3n) is 9.11.